The van der Waals surface area contributed by atoms with Gasteiger partial charge in [0.15, 0.2) is 6.04 Å². The Morgan fingerprint density at radius 3 is 2.95 bits per heavy atom. The maximum Gasteiger partial charge on any atom is 0.328 e. The fourth-order valence-corrected chi connectivity index (χ4v) is 3.36. The van der Waals surface area contributed by atoms with E-state index in [1.54, 1.807) is 0 Å². The molecule has 0 radical (unpaired) electrons. The van der Waals surface area contributed by atoms with Gasteiger partial charge in [-0.3, -0.25) is 4.79 Å². The second-order valence-corrected chi connectivity index (χ2v) is 6.13. The molecule has 1 aromatic rings. The van der Waals surface area contributed by atoms with Crippen molar-refractivity contribution >= 4 is 23.2 Å². The first-order valence-corrected chi connectivity index (χ1v) is 7.57. The summed E-state index contributed by atoms with van der Waals surface area (Å²) >= 11 is 1.44. The molecule has 0 unspecified atom stereocenters. The number of ether oxygens (including phenoxy) is 1. The molecular weight excluding hydrogens is 278 g/mol. The third-order valence-corrected chi connectivity index (χ3v) is 4.51. The molecule has 2 heterocycles. The molecule has 0 bridgehead atoms. The fraction of sp³-hybridized carbons (Fsp3) is 0.571. The van der Waals surface area contributed by atoms with Crippen molar-refractivity contribution in [3.63, 3.8) is 0 Å². The SMILES string of the molecule is CCCc1cc(C(=O)N2CCOC[C@@H]2C(=O)O)sc1C. The smallest absolute Gasteiger partial charge is 0.328 e. The summed E-state index contributed by atoms with van der Waals surface area (Å²) in [5.41, 5.74) is 1.18. The highest BCUT2D eigenvalue weighted by atomic mass is 32.1. The number of carboxylic acids is 1. The topological polar surface area (TPSA) is 66.8 Å². The predicted molar refractivity (Wildman–Crippen MR) is 76.3 cm³/mol. The summed E-state index contributed by atoms with van der Waals surface area (Å²) in [6.45, 7) is 4.88. The first kappa shape index (κ1) is 15.0. The summed E-state index contributed by atoms with van der Waals surface area (Å²) in [5.74, 6) is -1.21. The van der Waals surface area contributed by atoms with Crippen LogP contribution in [-0.4, -0.2) is 47.7 Å². The van der Waals surface area contributed by atoms with Gasteiger partial charge in [0.1, 0.15) is 0 Å². The lowest BCUT2D eigenvalue weighted by atomic mass is 10.1. The predicted octanol–water partition coefficient (Wildman–Crippen LogP) is 1.93. The molecule has 6 heteroatoms. The van der Waals surface area contributed by atoms with Crippen LogP contribution in [0.3, 0.4) is 0 Å². The van der Waals surface area contributed by atoms with E-state index in [-0.39, 0.29) is 12.5 Å². The van der Waals surface area contributed by atoms with Crippen molar-refractivity contribution in [3.05, 3.63) is 21.4 Å². The van der Waals surface area contributed by atoms with Gasteiger partial charge in [0.2, 0.25) is 0 Å². The van der Waals surface area contributed by atoms with E-state index in [2.05, 4.69) is 6.92 Å². The highest BCUT2D eigenvalue weighted by Gasteiger charge is 2.33. The van der Waals surface area contributed by atoms with E-state index >= 15 is 0 Å². The van der Waals surface area contributed by atoms with Crippen LogP contribution in [0.25, 0.3) is 0 Å². The zero-order chi connectivity index (χ0) is 14.7. The Kier molecular flexibility index (Phi) is 4.77. The standard InChI is InChI=1S/C14H19NO4S/c1-3-4-10-7-12(20-9(10)2)13(16)15-5-6-19-8-11(15)14(17)18/h7,11H,3-6,8H2,1-2H3,(H,17,18)/t11-/m1/s1. The Morgan fingerprint density at radius 2 is 2.30 bits per heavy atom. The molecule has 20 heavy (non-hydrogen) atoms. The van der Waals surface area contributed by atoms with Gasteiger partial charge in [-0.05, 0) is 25.0 Å². The molecule has 0 saturated carbocycles. The van der Waals surface area contributed by atoms with Gasteiger partial charge in [-0.1, -0.05) is 13.3 Å². The number of nitrogens with zero attached hydrogens (tertiary/aromatic N) is 1. The van der Waals surface area contributed by atoms with Crippen LogP contribution in [0.4, 0.5) is 0 Å². The van der Waals surface area contributed by atoms with Crippen molar-refractivity contribution < 1.29 is 19.4 Å². The third kappa shape index (κ3) is 3.02. The van der Waals surface area contributed by atoms with Crippen LogP contribution in [0, 0.1) is 6.92 Å². The summed E-state index contributed by atoms with van der Waals surface area (Å²) in [6, 6.07) is 1.02. The summed E-state index contributed by atoms with van der Waals surface area (Å²) in [7, 11) is 0. The molecule has 0 aromatic carbocycles. The zero-order valence-electron chi connectivity index (χ0n) is 11.7. The zero-order valence-corrected chi connectivity index (χ0v) is 12.5. The Labute approximate surface area is 122 Å². The average Bonchev–Trinajstić information content (AvgIpc) is 2.80. The van der Waals surface area contributed by atoms with Crippen molar-refractivity contribution in [2.75, 3.05) is 19.8 Å². The summed E-state index contributed by atoms with van der Waals surface area (Å²) in [4.78, 5) is 26.9. The van der Waals surface area contributed by atoms with Crippen molar-refractivity contribution in [2.45, 2.75) is 32.7 Å². The number of aliphatic carboxylic acids is 1. The van der Waals surface area contributed by atoms with Gasteiger partial charge in [-0.15, -0.1) is 11.3 Å². The lowest BCUT2D eigenvalue weighted by Crippen LogP contribution is -2.52. The van der Waals surface area contributed by atoms with Crippen LogP contribution in [-0.2, 0) is 16.0 Å². The van der Waals surface area contributed by atoms with E-state index in [1.807, 2.05) is 13.0 Å². The van der Waals surface area contributed by atoms with Crippen LogP contribution < -0.4 is 0 Å². The molecule has 1 saturated heterocycles. The quantitative estimate of drug-likeness (QED) is 0.922. The number of hydrogen-bond acceptors (Lipinski definition) is 4. The molecule has 1 atom stereocenters. The number of carbonyl (C=O) groups is 2. The number of amides is 1. The summed E-state index contributed by atoms with van der Waals surface area (Å²) in [5, 5.41) is 9.18. The van der Waals surface area contributed by atoms with E-state index in [9.17, 15) is 14.7 Å². The number of aryl methyl sites for hydroxylation is 2. The van der Waals surface area contributed by atoms with E-state index in [4.69, 9.17) is 4.74 Å². The van der Waals surface area contributed by atoms with E-state index < -0.39 is 12.0 Å². The Morgan fingerprint density at radius 1 is 1.55 bits per heavy atom. The molecule has 0 spiro atoms. The van der Waals surface area contributed by atoms with Gasteiger partial charge >= 0.3 is 5.97 Å². The third-order valence-electron chi connectivity index (χ3n) is 3.43. The number of rotatable bonds is 4. The van der Waals surface area contributed by atoms with Gasteiger partial charge in [-0.25, -0.2) is 4.79 Å². The maximum atomic E-state index is 12.5. The van der Waals surface area contributed by atoms with Gasteiger partial charge in [0, 0.05) is 11.4 Å². The van der Waals surface area contributed by atoms with Gasteiger partial charge in [0.25, 0.3) is 5.91 Å². The van der Waals surface area contributed by atoms with Crippen molar-refractivity contribution in [1.29, 1.82) is 0 Å². The van der Waals surface area contributed by atoms with Gasteiger partial charge in [0.05, 0.1) is 18.1 Å². The maximum absolute atomic E-state index is 12.5. The molecule has 2 rings (SSSR count). The van der Waals surface area contributed by atoms with Gasteiger partial charge in [-0.2, -0.15) is 0 Å². The van der Waals surface area contributed by atoms with Crippen LogP contribution in [0.15, 0.2) is 6.07 Å². The first-order chi connectivity index (χ1) is 9.54. The molecule has 1 amide bonds. The minimum absolute atomic E-state index is 0.0627. The molecule has 0 aliphatic carbocycles. The van der Waals surface area contributed by atoms with Crippen LogP contribution in [0.1, 0.15) is 33.5 Å². The van der Waals surface area contributed by atoms with E-state index in [0.717, 1.165) is 17.7 Å². The summed E-state index contributed by atoms with van der Waals surface area (Å²) < 4.78 is 5.16. The molecule has 1 aliphatic heterocycles. The van der Waals surface area contributed by atoms with Crippen molar-refractivity contribution in [3.8, 4) is 0 Å². The lowest BCUT2D eigenvalue weighted by Gasteiger charge is -2.32. The monoisotopic (exact) mass is 297 g/mol. The Balaban J connectivity index is 2.20. The van der Waals surface area contributed by atoms with Crippen LogP contribution >= 0.6 is 11.3 Å². The normalized spacial score (nSPS) is 19.1. The number of carbonyl (C=O) groups excluding carboxylic acids is 1. The lowest BCUT2D eigenvalue weighted by molar-refractivity contribution is -0.147. The Hall–Kier alpha value is -1.40. The van der Waals surface area contributed by atoms with Crippen molar-refractivity contribution in [1.82, 2.24) is 4.90 Å². The highest BCUT2D eigenvalue weighted by Crippen LogP contribution is 2.25. The number of carboxylic acid groups (broad SMARTS) is 1. The minimum Gasteiger partial charge on any atom is -0.480 e. The number of hydrogen-bond donors (Lipinski definition) is 1. The Bertz CT molecular complexity index is 511. The largest absolute Gasteiger partial charge is 0.480 e. The van der Waals surface area contributed by atoms with Gasteiger partial charge < -0.3 is 14.7 Å². The molecule has 1 fully saturated rings. The molecule has 1 aromatic heterocycles. The van der Waals surface area contributed by atoms with Crippen LogP contribution in [0.2, 0.25) is 0 Å². The summed E-state index contributed by atoms with van der Waals surface area (Å²) in [6.07, 6.45) is 1.97. The molecule has 110 valence electrons. The minimum atomic E-state index is -1.01. The fourth-order valence-electron chi connectivity index (χ4n) is 2.34. The highest BCUT2D eigenvalue weighted by molar-refractivity contribution is 7.14. The molecular formula is C14H19NO4S. The molecule has 1 N–H and O–H groups in total. The molecule has 1 aliphatic rings. The molecule has 5 nitrogen and oxygen atoms in total. The second kappa shape index (κ2) is 6.37. The number of morpholine rings is 1. The van der Waals surface area contributed by atoms with Crippen LogP contribution in [0.5, 0.6) is 0 Å². The van der Waals surface area contributed by atoms with Crippen molar-refractivity contribution in [2.24, 2.45) is 0 Å². The number of thiophene rings is 1. The van der Waals surface area contributed by atoms with E-state index in [1.165, 1.54) is 21.8 Å². The first-order valence-electron chi connectivity index (χ1n) is 6.75. The average molecular weight is 297 g/mol. The second-order valence-electron chi connectivity index (χ2n) is 4.87. The van der Waals surface area contributed by atoms with E-state index in [0.29, 0.717) is 18.0 Å².